The van der Waals surface area contributed by atoms with Gasteiger partial charge >= 0.3 is 0 Å². The number of carbonyl (C=O) groups is 2. The van der Waals surface area contributed by atoms with Crippen molar-refractivity contribution in [2.75, 3.05) is 39.3 Å². The Hall–Kier alpha value is -1.79. The number of amides is 2. The quantitative estimate of drug-likeness (QED) is 0.785. The largest absolute Gasteiger partial charge is 0.484 e. The lowest BCUT2D eigenvalue weighted by Gasteiger charge is -2.40. The smallest absolute Gasteiger partial charge is 0.260 e. The van der Waals surface area contributed by atoms with Gasteiger partial charge in [-0.25, -0.2) is 0 Å². The Bertz CT molecular complexity index is 601. The average Bonchev–Trinajstić information content (AvgIpc) is 2.69. The Morgan fingerprint density at radius 2 is 1.62 bits per heavy atom. The summed E-state index contributed by atoms with van der Waals surface area (Å²) < 4.78 is 5.51. The van der Waals surface area contributed by atoms with Gasteiger partial charge in [-0.15, -0.1) is 0 Å². The van der Waals surface area contributed by atoms with Crippen LogP contribution in [-0.4, -0.2) is 60.9 Å². The number of ether oxygens (including phenoxy) is 1. The van der Waals surface area contributed by atoms with Crippen molar-refractivity contribution in [3.63, 3.8) is 0 Å². The highest BCUT2D eigenvalue weighted by Crippen LogP contribution is 2.28. The van der Waals surface area contributed by atoms with E-state index in [1.807, 2.05) is 18.7 Å². The molecule has 0 unspecified atom stereocenters. The Kier molecular flexibility index (Phi) is 7.29. The van der Waals surface area contributed by atoms with Gasteiger partial charge in [0.15, 0.2) is 6.61 Å². The number of piperazine rings is 1. The van der Waals surface area contributed by atoms with Crippen molar-refractivity contribution >= 4 is 23.4 Å². The molecule has 0 aliphatic carbocycles. The number of nitrogens with zero attached hydrogens (tertiary/aromatic N) is 2. The molecular weight excluding hydrogens is 354 g/mol. The molecule has 1 aromatic rings. The molecule has 0 atom stereocenters. The predicted octanol–water partition coefficient (Wildman–Crippen LogP) is 2.15. The Balaban J connectivity index is 1.84. The zero-order valence-corrected chi connectivity index (χ0v) is 16.3. The van der Waals surface area contributed by atoms with Crippen molar-refractivity contribution in [1.82, 2.24) is 9.80 Å². The summed E-state index contributed by atoms with van der Waals surface area (Å²) in [6.45, 7) is 6.44. The fraction of sp³-hybridized carbons (Fsp3) is 0.579. The fourth-order valence-corrected chi connectivity index (χ4v) is 3.32. The summed E-state index contributed by atoms with van der Waals surface area (Å²) in [4.78, 5) is 28.7. The maximum absolute atomic E-state index is 12.8. The van der Waals surface area contributed by atoms with Crippen LogP contribution in [0.15, 0.2) is 24.3 Å². The summed E-state index contributed by atoms with van der Waals surface area (Å²) in [5, 5.41) is 0.622. The van der Waals surface area contributed by atoms with Gasteiger partial charge in [-0.05, 0) is 37.1 Å². The van der Waals surface area contributed by atoms with E-state index in [1.54, 1.807) is 29.2 Å². The van der Waals surface area contributed by atoms with Crippen LogP contribution in [0.25, 0.3) is 0 Å². The van der Waals surface area contributed by atoms with E-state index in [9.17, 15) is 9.59 Å². The summed E-state index contributed by atoms with van der Waals surface area (Å²) in [5.41, 5.74) is 5.40. The molecule has 0 bridgehead atoms. The van der Waals surface area contributed by atoms with Gasteiger partial charge in [0.1, 0.15) is 5.75 Å². The summed E-state index contributed by atoms with van der Waals surface area (Å²) >= 11 is 5.83. The van der Waals surface area contributed by atoms with Gasteiger partial charge in [0, 0.05) is 37.7 Å². The molecular formula is C19H28ClN3O3. The van der Waals surface area contributed by atoms with Crippen molar-refractivity contribution in [3.05, 3.63) is 29.3 Å². The second-order valence-electron chi connectivity index (χ2n) is 6.61. The van der Waals surface area contributed by atoms with Crippen molar-refractivity contribution < 1.29 is 14.3 Å². The number of carbonyl (C=O) groups excluding carboxylic acids is 2. The van der Waals surface area contributed by atoms with Crippen LogP contribution in [0.5, 0.6) is 5.75 Å². The molecule has 1 aliphatic heterocycles. The minimum atomic E-state index is -0.482. The SMILES string of the molecule is CCC(CC)(CN)C(=O)N1CCN(C(=O)COc2ccc(Cl)cc2)CC1. The predicted molar refractivity (Wildman–Crippen MR) is 102 cm³/mol. The highest BCUT2D eigenvalue weighted by molar-refractivity contribution is 6.30. The lowest BCUT2D eigenvalue weighted by Crippen LogP contribution is -2.56. The molecule has 26 heavy (non-hydrogen) atoms. The van der Waals surface area contributed by atoms with Crippen LogP contribution in [0.4, 0.5) is 0 Å². The first kappa shape index (κ1) is 20.5. The fourth-order valence-electron chi connectivity index (χ4n) is 3.19. The van der Waals surface area contributed by atoms with Crippen molar-refractivity contribution in [1.29, 1.82) is 0 Å². The lowest BCUT2D eigenvalue weighted by molar-refractivity contribution is -0.147. The summed E-state index contributed by atoms with van der Waals surface area (Å²) in [6, 6.07) is 6.90. The average molecular weight is 382 g/mol. The molecule has 0 aromatic heterocycles. The third-order valence-corrected chi connectivity index (χ3v) is 5.55. The van der Waals surface area contributed by atoms with E-state index in [0.717, 1.165) is 12.8 Å². The molecule has 0 saturated carbocycles. The third-order valence-electron chi connectivity index (χ3n) is 5.29. The van der Waals surface area contributed by atoms with Crippen molar-refractivity contribution in [2.45, 2.75) is 26.7 Å². The van der Waals surface area contributed by atoms with Gasteiger partial charge in [0.2, 0.25) is 5.91 Å². The molecule has 1 fully saturated rings. The number of hydrogen-bond acceptors (Lipinski definition) is 4. The zero-order valence-electron chi connectivity index (χ0n) is 15.5. The van der Waals surface area contributed by atoms with Gasteiger partial charge in [0.25, 0.3) is 5.91 Å². The van der Waals surface area contributed by atoms with Crippen LogP contribution in [0.1, 0.15) is 26.7 Å². The molecule has 0 radical (unpaired) electrons. The van der Waals surface area contributed by atoms with Gasteiger partial charge in [-0.1, -0.05) is 25.4 Å². The molecule has 1 aliphatic rings. The number of benzene rings is 1. The van der Waals surface area contributed by atoms with Crippen molar-refractivity contribution in [3.8, 4) is 5.75 Å². The number of halogens is 1. The van der Waals surface area contributed by atoms with Crippen molar-refractivity contribution in [2.24, 2.45) is 11.1 Å². The Morgan fingerprint density at radius 3 is 2.12 bits per heavy atom. The highest BCUT2D eigenvalue weighted by Gasteiger charge is 2.38. The van der Waals surface area contributed by atoms with E-state index in [2.05, 4.69) is 0 Å². The molecule has 2 rings (SSSR count). The first-order valence-corrected chi connectivity index (χ1v) is 9.49. The van der Waals surface area contributed by atoms with Gasteiger partial charge in [-0.3, -0.25) is 9.59 Å². The van der Waals surface area contributed by atoms with E-state index in [4.69, 9.17) is 22.1 Å². The van der Waals surface area contributed by atoms with Crippen LogP contribution in [0.3, 0.4) is 0 Å². The minimum Gasteiger partial charge on any atom is -0.484 e. The molecule has 1 heterocycles. The molecule has 1 saturated heterocycles. The first-order chi connectivity index (χ1) is 12.5. The minimum absolute atomic E-state index is 0.0216. The molecule has 144 valence electrons. The summed E-state index contributed by atoms with van der Waals surface area (Å²) in [7, 11) is 0. The third kappa shape index (κ3) is 4.68. The molecule has 0 spiro atoms. The van der Waals surface area contributed by atoms with Gasteiger partial charge < -0.3 is 20.3 Å². The summed E-state index contributed by atoms with van der Waals surface area (Å²) in [5.74, 6) is 0.632. The topological polar surface area (TPSA) is 75.9 Å². The Labute approximate surface area is 160 Å². The Morgan fingerprint density at radius 1 is 1.08 bits per heavy atom. The van der Waals surface area contributed by atoms with E-state index in [-0.39, 0.29) is 18.4 Å². The lowest BCUT2D eigenvalue weighted by atomic mass is 9.81. The first-order valence-electron chi connectivity index (χ1n) is 9.11. The maximum atomic E-state index is 12.8. The van der Waals surface area contributed by atoms with E-state index in [0.29, 0.717) is 43.5 Å². The van der Waals surface area contributed by atoms with Gasteiger partial charge in [-0.2, -0.15) is 0 Å². The number of nitrogens with two attached hydrogens (primary N) is 1. The van der Waals surface area contributed by atoms with Gasteiger partial charge in [0.05, 0.1) is 5.41 Å². The van der Waals surface area contributed by atoms with Crippen LogP contribution in [-0.2, 0) is 9.59 Å². The van der Waals surface area contributed by atoms with Crippen LogP contribution >= 0.6 is 11.6 Å². The molecule has 2 N–H and O–H groups in total. The normalized spacial score (nSPS) is 15.1. The van der Waals surface area contributed by atoms with E-state index >= 15 is 0 Å². The zero-order chi connectivity index (χ0) is 19.2. The van der Waals surface area contributed by atoms with E-state index in [1.165, 1.54) is 0 Å². The number of rotatable bonds is 7. The molecule has 6 nitrogen and oxygen atoms in total. The monoisotopic (exact) mass is 381 g/mol. The molecule has 1 aromatic carbocycles. The molecule has 7 heteroatoms. The van der Waals surface area contributed by atoms with Crippen LogP contribution in [0, 0.1) is 5.41 Å². The standard InChI is InChI=1S/C19H28ClN3O3/c1-3-19(4-2,14-21)18(25)23-11-9-22(10-12-23)17(24)13-26-16-7-5-15(20)6-8-16/h5-8H,3-4,9-14,21H2,1-2H3. The van der Waals surface area contributed by atoms with Crippen LogP contribution < -0.4 is 10.5 Å². The molecule has 2 amide bonds. The second kappa shape index (κ2) is 9.24. The highest BCUT2D eigenvalue weighted by atomic mass is 35.5. The number of hydrogen-bond donors (Lipinski definition) is 1. The maximum Gasteiger partial charge on any atom is 0.260 e. The van der Waals surface area contributed by atoms with E-state index < -0.39 is 5.41 Å². The summed E-state index contributed by atoms with van der Waals surface area (Å²) in [6.07, 6.45) is 1.46. The second-order valence-corrected chi connectivity index (χ2v) is 7.04. The van der Waals surface area contributed by atoms with Crippen LogP contribution in [0.2, 0.25) is 5.02 Å².